The van der Waals surface area contributed by atoms with E-state index in [-0.39, 0.29) is 12.6 Å². The van der Waals surface area contributed by atoms with Gasteiger partial charge >= 0.3 is 12.0 Å². The number of esters is 1. The van der Waals surface area contributed by atoms with E-state index in [1.165, 1.54) is 11.2 Å². The lowest BCUT2D eigenvalue weighted by Crippen LogP contribution is -2.46. The number of ether oxygens (including phenoxy) is 2. The molecule has 1 aromatic heterocycles. The van der Waals surface area contributed by atoms with E-state index in [4.69, 9.17) is 13.9 Å². The van der Waals surface area contributed by atoms with Crippen LogP contribution in [0.25, 0.3) is 0 Å². The van der Waals surface area contributed by atoms with Crippen molar-refractivity contribution in [3.8, 4) is 5.75 Å². The minimum absolute atomic E-state index is 0.113. The molecule has 0 radical (unpaired) electrons. The van der Waals surface area contributed by atoms with E-state index in [2.05, 4.69) is 5.32 Å². The van der Waals surface area contributed by atoms with Gasteiger partial charge in [-0.3, -0.25) is 0 Å². The molecule has 7 heteroatoms. The number of amides is 2. The van der Waals surface area contributed by atoms with Crippen LogP contribution in [-0.2, 0) is 16.1 Å². The van der Waals surface area contributed by atoms with E-state index in [9.17, 15) is 9.59 Å². The lowest BCUT2D eigenvalue weighted by molar-refractivity contribution is -0.141. The Morgan fingerprint density at radius 3 is 2.62 bits per heavy atom. The number of urea groups is 1. The number of rotatable bonds is 5. The van der Waals surface area contributed by atoms with E-state index >= 15 is 0 Å². The monoisotopic (exact) mass is 356 g/mol. The van der Waals surface area contributed by atoms with E-state index in [0.717, 1.165) is 11.3 Å². The zero-order chi connectivity index (χ0) is 18.7. The van der Waals surface area contributed by atoms with Crippen LogP contribution in [-0.4, -0.2) is 31.1 Å². The number of carbonyl (C=O) groups is 2. The number of hydrogen-bond donors (Lipinski definition) is 1. The first-order chi connectivity index (χ1) is 12.5. The molecule has 1 N–H and O–H groups in total. The SMILES string of the molecule is COc1ccc(COC(=O)C2=C(C)N(C)C(=O)NC2c2ccco2)cc1. The van der Waals surface area contributed by atoms with Crippen molar-refractivity contribution < 1.29 is 23.5 Å². The van der Waals surface area contributed by atoms with Gasteiger partial charge in [0.25, 0.3) is 0 Å². The smallest absolute Gasteiger partial charge is 0.338 e. The topological polar surface area (TPSA) is 81.0 Å². The Kier molecular flexibility index (Phi) is 4.97. The Morgan fingerprint density at radius 1 is 1.27 bits per heavy atom. The number of allylic oxidation sites excluding steroid dienone is 1. The van der Waals surface area contributed by atoms with Gasteiger partial charge in [0, 0.05) is 12.7 Å². The molecule has 0 bridgehead atoms. The molecule has 0 aliphatic carbocycles. The van der Waals surface area contributed by atoms with E-state index in [1.807, 2.05) is 12.1 Å². The van der Waals surface area contributed by atoms with Crippen LogP contribution in [0.2, 0.25) is 0 Å². The fourth-order valence-electron chi connectivity index (χ4n) is 2.72. The molecule has 0 saturated carbocycles. The largest absolute Gasteiger partial charge is 0.497 e. The van der Waals surface area contributed by atoms with Gasteiger partial charge in [0.15, 0.2) is 0 Å². The Balaban J connectivity index is 1.80. The summed E-state index contributed by atoms with van der Waals surface area (Å²) in [6.07, 6.45) is 1.50. The Morgan fingerprint density at radius 2 is 2.00 bits per heavy atom. The Bertz CT molecular complexity index is 824. The highest BCUT2D eigenvalue weighted by atomic mass is 16.5. The number of furan rings is 1. The van der Waals surface area contributed by atoms with Gasteiger partial charge in [-0.25, -0.2) is 9.59 Å². The molecule has 2 amide bonds. The van der Waals surface area contributed by atoms with Crippen LogP contribution in [0.3, 0.4) is 0 Å². The second kappa shape index (κ2) is 7.35. The molecule has 3 rings (SSSR count). The van der Waals surface area contributed by atoms with Crippen molar-refractivity contribution in [2.24, 2.45) is 0 Å². The molecular formula is C19H20N2O5. The average Bonchev–Trinajstić information content (AvgIpc) is 3.19. The molecule has 0 fully saturated rings. The summed E-state index contributed by atoms with van der Waals surface area (Å²) in [5.41, 5.74) is 1.70. The fraction of sp³-hybridized carbons (Fsp3) is 0.263. The third kappa shape index (κ3) is 3.42. The maximum atomic E-state index is 12.7. The molecule has 136 valence electrons. The summed E-state index contributed by atoms with van der Waals surface area (Å²) in [6, 6.07) is 9.67. The number of nitrogens with one attached hydrogen (secondary N) is 1. The second-order valence-electron chi connectivity index (χ2n) is 5.88. The normalized spacial score (nSPS) is 17.1. The fourth-order valence-corrected chi connectivity index (χ4v) is 2.72. The summed E-state index contributed by atoms with van der Waals surface area (Å²) in [4.78, 5) is 26.2. The van der Waals surface area contributed by atoms with E-state index in [1.54, 1.807) is 45.3 Å². The highest BCUT2D eigenvalue weighted by Gasteiger charge is 2.36. The number of methoxy groups -OCH3 is 1. The average molecular weight is 356 g/mol. The van der Waals surface area contributed by atoms with E-state index in [0.29, 0.717) is 17.0 Å². The van der Waals surface area contributed by atoms with Gasteiger partial charge in [-0.15, -0.1) is 0 Å². The number of nitrogens with zero attached hydrogens (tertiary/aromatic N) is 1. The molecule has 1 aliphatic heterocycles. The molecular weight excluding hydrogens is 336 g/mol. The summed E-state index contributed by atoms with van der Waals surface area (Å²) in [6.45, 7) is 1.82. The highest BCUT2D eigenvalue weighted by molar-refractivity contribution is 5.94. The van der Waals surface area contributed by atoms with Crippen LogP contribution < -0.4 is 10.1 Å². The highest BCUT2D eigenvalue weighted by Crippen LogP contribution is 2.31. The van der Waals surface area contributed by atoms with Crippen LogP contribution >= 0.6 is 0 Å². The molecule has 0 spiro atoms. The van der Waals surface area contributed by atoms with Crippen molar-refractivity contribution in [2.75, 3.05) is 14.2 Å². The van der Waals surface area contributed by atoms with Gasteiger partial charge in [0.2, 0.25) is 0 Å². The van der Waals surface area contributed by atoms with Gasteiger partial charge in [0.1, 0.15) is 24.2 Å². The minimum atomic E-state index is -0.683. The first kappa shape index (κ1) is 17.6. The zero-order valence-corrected chi connectivity index (χ0v) is 14.8. The number of hydrogen-bond acceptors (Lipinski definition) is 5. The van der Waals surface area contributed by atoms with Crippen LogP contribution in [0.15, 0.2) is 58.3 Å². The minimum Gasteiger partial charge on any atom is -0.497 e. The van der Waals surface area contributed by atoms with Crippen molar-refractivity contribution in [1.29, 1.82) is 0 Å². The third-order valence-electron chi connectivity index (χ3n) is 4.33. The maximum absolute atomic E-state index is 12.7. The quantitative estimate of drug-likeness (QED) is 0.833. The number of carbonyl (C=O) groups excluding carboxylic acids is 2. The van der Waals surface area contributed by atoms with Crippen LogP contribution in [0.1, 0.15) is 24.3 Å². The summed E-state index contributed by atoms with van der Waals surface area (Å²) in [5.74, 6) is 0.696. The van der Waals surface area contributed by atoms with Crippen LogP contribution in [0, 0.1) is 0 Å². The van der Waals surface area contributed by atoms with Crippen LogP contribution in [0.4, 0.5) is 4.79 Å². The molecule has 1 aromatic carbocycles. The summed E-state index contributed by atoms with van der Waals surface area (Å²) >= 11 is 0. The summed E-state index contributed by atoms with van der Waals surface area (Å²) in [7, 11) is 3.19. The third-order valence-corrected chi connectivity index (χ3v) is 4.33. The van der Waals surface area contributed by atoms with E-state index < -0.39 is 12.0 Å². The molecule has 1 unspecified atom stereocenters. The van der Waals surface area contributed by atoms with Crippen molar-refractivity contribution >= 4 is 12.0 Å². The first-order valence-corrected chi connectivity index (χ1v) is 8.09. The first-order valence-electron chi connectivity index (χ1n) is 8.09. The maximum Gasteiger partial charge on any atom is 0.338 e. The van der Waals surface area contributed by atoms with Crippen molar-refractivity contribution in [3.05, 3.63) is 65.3 Å². The van der Waals surface area contributed by atoms with Gasteiger partial charge < -0.3 is 24.1 Å². The summed E-state index contributed by atoms with van der Waals surface area (Å²) < 4.78 is 16.0. The molecule has 1 atom stereocenters. The van der Waals surface area contributed by atoms with Crippen LogP contribution in [0.5, 0.6) is 5.75 Å². The Labute approximate surface area is 151 Å². The van der Waals surface area contributed by atoms with Gasteiger partial charge in [0.05, 0.1) is 18.9 Å². The molecule has 0 saturated heterocycles. The molecule has 7 nitrogen and oxygen atoms in total. The Hall–Kier alpha value is -3.22. The molecule has 2 heterocycles. The number of benzene rings is 1. The van der Waals surface area contributed by atoms with Crippen molar-refractivity contribution in [2.45, 2.75) is 19.6 Å². The predicted octanol–water partition coefficient (Wildman–Crippen LogP) is 3.00. The van der Waals surface area contributed by atoms with Crippen molar-refractivity contribution in [1.82, 2.24) is 10.2 Å². The van der Waals surface area contributed by atoms with Gasteiger partial charge in [-0.1, -0.05) is 12.1 Å². The summed E-state index contributed by atoms with van der Waals surface area (Å²) in [5, 5.41) is 2.76. The lowest BCUT2D eigenvalue weighted by atomic mass is 10.00. The standard InChI is InChI=1S/C19H20N2O5/c1-12-16(17(15-5-4-10-25-15)20-19(23)21(12)2)18(22)26-11-13-6-8-14(24-3)9-7-13/h4-10,17H,11H2,1-3H3,(H,20,23). The van der Waals surface area contributed by atoms with Crippen molar-refractivity contribution in [3.63, 3.8) is 0 Å². The molecule has 26 heavy (non-hydrogen) atoms. The van der Waals surface area contributed by atoms with Gasteiger partial charge in [-0.05, 0) is 36.8 Å². The predicted molar refractivity (Wildman–Crippen MR) is 93.2 cm³/mol. The lowest BCUT2D eigenvalue weighted by Gasteiger charge is -2.32. The zero-order valence-electron chi connectivity index (χ0n) is 14.8. The van der Waals surface area contributed by atoms with Gasteiger partial charge in [-0.2, -0.15) is 0 Å². The molecule has 2 aromatic rings. The molecule has 1 aliphatic rings. The second-order valence-corrected chi connectivity index (χ2v) is 5.88.